The smallest absolute Gasteiger partial charge is 0.0266 e. The number of benzene rings is 4. The molecule has 1 aliphatic rings. The molecule has 1 aliphatic carbocycles. The van der Waals surface area contributed by atoms with Crippen molar-refractivity contribution in [3.05, 3.63) is 156 Å². The number of aromatic nitrogens is 2. The molecule has 0 aliphatic heterocycles. The zero-order valence-electron chi connectivity index (χ0n) is 23.4. The summed E-state index contributed by atoms with van der Waals surface area (Å²) in [6.07, 6.45) is 1.82. The van der Waals surface area contributed by atoms with Crippen molar-refractivity contribution in [2.75, 3.05) is 0 Å². The Bertz CT molecular complexity index is 1780. The van der Waals surface area contributed by atoms with Gasteiger partial charge in [0.1, 0.15) is 0 Å². The summed E-state index contributed by atoms with van der Waals surface area (Å²) in [5, 5.41) is 0. The van der Waals surface area contributed by atoms with E-state index in [1.807, 2.05) is 79.9 Å². The van der Waals surface area contributed by atoms with Crippen LogP contribution in [-0.4, -0.2) is 9.97 Å². The summed E-state index contributed by atoms with van der Waals surface area (Å²) in [6.45, 7) is 6.62. The van der Waals surface area contributed by atoms with Gasteiger partial charge < -0.3 is 9.97 Å². The summed E-state index contributed by atoms with van der Waals surface area (Å²) in [4.78, 5) is 8.87. The molecule has 0 saturated carbocycles. The van der Waals surface area contributed by atoms with Crippen molar-refractivity contribution in [1.82, 2.24) is 9.97 Å². The van der Waals surface area contributed by atoms with E-state index in [1.54, 1.807) is 0 Å². The van der Waals surface area contributed by atoms with Gasteiger partial charge in [0.25, 0.3) is 0 Å². The van der Waals surface area contributed by atoms with Crippen molar-refractivity contribution >= 4 is 0 Å². The molecule has 203 valence electrons. The molecule has 3 heteroatoms. The average Bonchev–Trinajstić information content (AvgIpc) is 3.24. The van der Waals surface area contributed by atoms with Crippen molar-refractivity contribution in [1.29, 1.82) is 0 Å². The van der Waals surface area contributed by atoms with Crippen molar-refractivity contribution in [3.63, 3.8) is 0 Å². The van der Waals surface area contributed by atoms with Crippen molar-refractivity contribution in [3.8, 4) is 44.8 Å². The van der Waals surface area contributed by atoms with Crippen LogP contribution in [0.2, 0.25) is 0 Å². The van der Waals surface area contributed by atoms with Gasteiger partial charge in [0.05, 0.1) is 0 Å². The van der Waals surface area contributed by atoms with Crippen LogP contribution in [0.25, 0.3) is 44.8 Å². The molecular formula is C38H30IrN2-2. The first-order valence-corrected chi connectivity index (χ1v) is 13.6. The predicted octanol–water partition coefficient (Wildman–Crippen LogP) is 9.38. The van der Waals surface area contributed by atoms with Gasteiger partial charge in [-0.15, -0.1) is 71.3 Å². The second-order valence-corrected chi connectivity index (χ2v) is 10.6. The van der Waals surface area contributed by atoms with E-state index in [9.17, 15) is 0 Å². The molecule has 0 bridgehead atoms. The fourth-order valence-corrected chi connectivity index (χ4v) is 5.46. The van der Waals surface area contributed by atoms with Crippen LogP contribution in [0.1, 0.15) is 30.7 Å². The molecule has 4 aromatic carbocycles. The van der Waals surface area contributed by atoms with Crippen LogP contribution >= 0.6 is 0 Å². The third-order valence-corrected chi connectivity index (χ3v) is 7.53. The molecule has 2 aromatic heterocycles. The largest absolute Gasteiger partial charge is 0.305 e. The Kier molecular flexibility index (Phi) is 8.40. The Morgan fingerprint density at radius 3 is 2.10 bits per heavy atom. The van der Waals surface area contributed by atoms with E-state index in [0.717, 1.165) is 28.2 Å². The molecule has 0 spiro atoms. The molecular weight excluding hydrogens is 677 g/mol. The predicted molar refractivity (Wildman–Crippen MR) is 165 cm³/mol. The minimum atomic E-state index is 0. The number of hydrogen-bond acceptors (Lipinski definition) is 2. The topological polar surface area (TPSA) is 25.8 Å². The van der Waals surface area contributed by atoms with Crippen LogP contribution in [0.4, 0.5) is 0 Å². The Hall–Kier alpha value is -4.17. The minimum Gasteiger partial charge on any atom is -0.305 e. The minimum absolute atomic E-state index is 0. The number of hydrogen-bond donors (Lipinski definition) is 0. The van der Waals surface area contributed by atoms with E-state index >= 15 is 0 Å². The van der Waals surface area contributed by atoms with Gasteiger partial charge in [-0.25, -0.2) is 0 Å². The van der Waals surface area contributed by atoms with Crippen LogP contribution in [0.5, 0.6) is 0 Å². The quantitative estimate of drug-likeness (QED) is 0.172. The summed E-state index contributed by atoms with van der Waals surface area (Å²) >= 11 is 0. The zero-order chi connectivity index (χ0) is 27.5. The van der Waals surface area contributed by atoms with Crippen molar-refractivity contribution in [2.24, 2.45) is 0 Å². The number of nitrogens with zero attached hydrogens (tertiary/aromatic N) is 2. The molecule has 41 heavy (non-hydrogen) atoms. The van der Waals surface area contributed by atoms with Gasteiger partial charge in [0, 0.05) is 37.4 Å². The van der Waals surface area contributed by atoms with Gasteiger partial charge in [0.2, 0.25) is 0 Å². The van der Waals surface area contributed by atoms with Gasteiger partial charge >= 0.3 is 0 Å². The fraction of sp³-hybridized carbons (Fsp3) is 0.105. The summed E-state index contributed by atoms with van der Waals surface area (Å²) in [5.41, 5.74) is 13.0. The molecule has 7 rings (SSSR count). The molecule has 0 fully saturated rings. The van der Waals surface area contributed by atoms with Crippen LogP contribution in [0, 0.1) is 19.1 Å². The maximum atomic E-state index is 4.46. The molecule has 0 N–H and O–H groups in total. The average molecular weight is 707 g/mol. The molecule has 2 nitrogen and oxygen atoms in total. The molecule has 2 heterocycles. The number of fused-ring (bicyclic) bond motifs is 3. The molecule has 1 radical (unpaired) electrons. The Morgan fingerprint density at radius 1 is 0.585 bits per heavy atom. The second-order valence-electron chi connectivity index (χ2n) is 10.6. The summed E-state index contributed by atoms with van der Waals surface area (Å²) in [5.74, 6) is 0. The SMILES string of the molecule is CC1(C)c2ccccc2-c2cc(-c3cc[c-]c(-c4ccccn4)c3)ccc21.Cc1cccc(-c2[c-]cccc2)n1.[Ir]. The van der Waals surface area contributed by atoms with Gasteiger partial charge in [-0.2, -0.15) is 0 Å². The van der Waals surface area contributed by atoms with Gasteiger partial charge in [-0.05, 0) is 64.3 Å². The molecule has 0 amide bonds. The van der Waals surface area contributed by atoms with E-state index < -0.39 is 0 Å². The summed E-state index contributed by atoms with van der Waals surface area (Å²) < 4.78 is 0. The first kappa shape index (κ1) is 28.4. The van der Waals surface area contributed by atoms with Crippen molar-refractivity contribution in [2.45, 2.75) is 26.2 Å². The van der Waals surface area contributed by atoms with E-state index in [2.05, 4.69) is 90.5 Å². The maximum Gasteiger partial charge on any atom is 0.0266 e. The van der Waals surface area contributed by atoms with Crippen LogP contribution in [-0.2, 0) is 25.5 Å². The van der Waals surface area contributed by atoms with E-state index in [4.69, 9.17) is 0 Å². The monoisotopic (exact) mass is 707 g/mol. The van der Waals surface area contributed by atoms with Crippen LogP contribution < -0.4 is 0 Å². The van der Waals surface area contributed by atoms with Crippen LogP contribution in [0.15, 0.2) is 128 Å². The molecule has 0 saturated heterocycles. The van der Waals surface area contributed by atoms with Crippen molar-refractivity contribution < 1.29 is 20.1 Å². The summed E-state index contributed by atoms with van der Waals surface area (Å²) in [7, 11) is 0. The second kappa shape index (κ2) is 12.1. The normalized spacial score (nSPS) is 12.3. The third kappa shape index (κ3) is 5.83. The van der Waals surface area contributed by atoms with E-state index in [0.29, 0.717) is 0 Å². The zero-order valence-corrected chi connectivity index (χ0v) is 25.7. The number of pyridine rings is 2. The first-order valence-electron chi connectivity index (χ1n) is 13.6. The maximum absolute atomic E-state index is 4.46. The third-order valence-electron chi connectivity index (χ3n) is 7.53. The van der Waals surface area contributed by atoms with Gasteiger partial charge in [0.15, 0.2) is 0 Å². The van der Waals surface area contributed by atoms with Gasteiger partial charge in [-0.3, -0.25) is 0 Å². The van der Waals surface area contributed by atoms with E-state index in [-0.39, 0.29) is 25.5 Å². The van der Waals surface area contributed by atoms with E-state index in [1.165, 1.54) is 33.4 Å². The molecule has 6 aromatic rings. The molecule has 0 atom stereocenters. The molecule has 0 unspecified atom stereocenters. The standard InChI is InChI=1S/C26H20N.C12H10N.Ir/c1-26(2)23-11-4-3-10-21(23)22-17-19(13-14-24(22)26)18-8-7-9-20(16-18)25-12-5-6-15-27-25;1-10-6-5-9-12(13-10)11-7-3-2-4-8-11;/h3-8,10-17H,1-2H3;2-7,9H,1H3;/q2*-1;. The van der Waals surface area contributed by atoms with Crippen LogP contribution in [0.3, 0.4) is 0 Å². The Morgan fingerprint density at radius 2 is 1.32 bits per heavy atom. The number of aryl methyl sites for hydroxylation is 1. The Balaban J connectivity index is 0.000000204. The first-order chi connectivity index (χ1) is 19.5. The number of rotatable bonds is 3. The Labute approximate surface area is 256 Å². The summed E-state index contributed by atoms with van der Waals surface area (Å²) in [6, 6.07) is 48.2. The van der Waals surface area contributed by atoms with Gasteiger partial charge in [-0.1, -0.05) is 74.5 Å². The fourth-order valence-electron chi connectivity index (χ4n) is 5.46.